The van der Waals surface area contributed by atoms with Crippen LogP contribution in [0.4, 0.5) is 22.0 Å². The number of carboxylic acids is 1. The third-order valence-corrected chi connectivity index (χ3v) is 3.18. The number of carboxylic acid groups (broad SMARTS) is 1. The van der Waals surface area contributed by atoms with Crippen molar-refractivity contribution in [1.82, 2.24) is 4.98 Å². The van der Waals surface area contributed by atoms with Gasteiger partial charge in [-0.2, -0.15) is 13.2 Å². The van der Waals surface area contributed by atoms with Gasteiger partial charge in [-0.1, -0.05) is 0 Å². The second-order valence-corrected chi connectivity index (χ2v) is 4.29. The van der Waals surface area contributed by atoms with Gasteiger partial charge in [-0.25, -0.2) is 8.78 Å². The van der Waals surface area contributed by atoms with E-state index in [9.17, 15) is 26.7 Å². The average Bonchev–Trinajstić information content (AvgIpc) is 2.17. The molecule has 18 heavy (non-hydrogen) atoms. The molecule has 0 spiro atoms. The van der Waals surface area contributed by atoms with Crippen LogP contribution < -0.4 is 0 Å². The minimum absolute atomic E-state index is 0.238. The van der Waals surface area contributed by atoms with E-state index in [-0.39, 0.29) is 11.9 Å². The summed E-state index contributed by atoms with van der Waals surface area (Å²) in [5, 5.41) is 8.50. The summed E-state index contributed by atoms with van der Waals surface area (Å²) in [5.41, 5.74) is -3.09. The van der Waals surface area contributed by atoms with Crippen molar-refractivity contribution in [2.24, 2.45) is 0 Å². The first-order valence-corrected chi connectivity index (χ1v) is 5.47. The van der Waals surface area contributed by atoms with E-state index in [2.05, 4.69) is 4.98 Å². The fraction of sp³-hybridized carbons (Fsp3) is 0.333. The molecule has 0 aliphatic carbocycles. The summed E-state index contributed by atoms with van der Waals surface area (Å²) in [6.45, 7) is 0. The van der Waals surface area contributed by atoms with Crippen molar-refractivity contribution in [2.75, 3.05) is 0 Å². The largest absolute Gasteiger partial charge is 0.481 e. The van der Waals surface area contributed by atoms with Gasteiger partial charge < -0.3 is 5.11 Å². The standard InChI is InChI=1S/C9H5F5INO2/c10-8(11)6-3(9(12,13)14)2-16-4(7(6)15)1-5(17)18/h2,8H,1H2,(H,17,18). The Balaban J connectivity index is 3.42. The molecule has 1 rings (SSSR count). The number of rotatable bonds is 3. The van der Waals surface area contributed by atoms with Gasteiger partial charge in [0.25, 0.3) is 6.43 Å². The summed E-state index contributed by atoms with van der Waals surface area (Å²) in [6, 6.07) is 0. The van der Waals surface area contributed by atoms with Gasteiger partial charge in [0.1, 0.15) is 0 Å². The van der Waals surface area contributed by atoms with E-state index in [1.54, 1.807) is 0 Å². The predicted octanol–water partition coefficient (Wildman–Crippen LogP) is 3.27. The van der Waals surface area contributed by atoms with Gasteiger partial charge in [-0.3, -0.25) is 9.78 Å². The minimum atomic E-state index is -4.96. The monoisotopic (exact) mass is 381 g/mol. The van der Waals surface area contributed by atoms with Gasteiger partial charge in [0.05, 0.1) is 17.7 Å². The molecule has 0 aromatic carbocycles. The first kappa shape index (κ1) is 15.1. The summed E-state index contributed by atoms with van der Waals surface area (Å²) in [5.74, 6) is -1.36. The lowest BCUT2D eigenvalue weighted by molar-refractivity contribution is -0.139. The molecule has 0 aliphatic heterocycles. The number of hydrogen-bond acceptors (Lipinski definition) is 2. The van der Waals surface area contributed by atoms with Crippen LogP contribution in [0.15, 0.2) is 6.20 Å². The number of hydrogen-bond donors (Lipinski definition) is 1. The van der Waals surface area contributed by atoms with E-state index >= 15 is 0 Å². The summed E-state index contributed by atoms with van der Waals surface area (Å²) >= 11 is 1.25. The number of aliphatic carboxylic acids is 1. The molecule has 1 aromatic rings. The van der Waals surface area contributed by atoms with E-state index in [1.807, 2.05) is 0 Å². The van der Waals surface area contributed by atoms with Crippen LogP contribution in [0, 0.1) is 3.57 Å². The quantitative estimate of drug-likeness (QED) is 0.646. The van der Waals surface area contributed by atoms with Crippen LogP contribution in [0.3, 0.4) is 0 Å². The van der Waals surface area contributed by atoms with Crippen LogP contribution in [-0.4, -0.2) is 16.1 Å². The molecule has 100 valence electrons. The topological polar surface area (TPSA) is 50.2 Å². The SMILES string of the molecule is O=C(O)Cc1ncc(C(F)(F)F)c(C(F)F)c1I. The molecule has 0 amide bonds. The zero-order valence-electron chi connectivity index (χ0n) is 8.43. The highest BCUT2D eigenvalue weighted by atomic mass is 127. The van der Waals surface area contributed by atoms with E-state index in [4.69, 9.17) is 5.11 Å². The van der Waals surface area contributed by atoms with Crippen molar-refractivity contribution in [1.29, 1.82) is 0 Å². The maximum absolute atomic E-state index is 12.7. The summed E-state index contributed by atoms with van der Waals surface area (Å²) in [6.07, 6.45) is -8.79. The second-order valence-electron chi connectivity index (χ2n) is 3.22. The minimum Gasteiger partial charge on any atom is -0.481 e. The molecule has 0 aliphatic rings. The van der Waals surface area contributed by atoms with Crippen LogP contribution in [0.2, 0.25) is 0 Å². The molecule has 3 nitrogen and oxygen atoms in total. The van der Waals surface area contributed by atoms with E-state index in [0.29, 0.717) is 0 Å². The van der Waals surface area contributed by atoms with Crippen LogP contribution in [0.1, 0.15) is 23.2 Å². The Kier molecular flexibility index (Phi) is 4.46. The number of pyridine rings is 1. The third-order valence-electron chi connectivity index (χ3n) is 1.97. The first-order valence-electron chi connectivity index (χ1n) is 4.39. The Hall–Kier alpha value is -1.00. The molecule has 0 radical (unpaired) electrons. The van der Waals surface area contributed by atoms with E-state index < -0.39 is 39.7 Å². The van der Waals surface area contributed by atoms with Gasteiger partial charge >= 0.3 is 12.1 Å². The van der Waals surface area contributed by atoms with E-state index in [0.717, 1.165) is 0 Å². The average molecular weight is 381 g/mol. The van der Waals surface area contributed by atoms with Crippen LogP contribution in [0.25, 0.3) is 0 Å². The number of aromatic nitrogens is 1. The lowest BCUT2D eigenvalue weighted by Gasteiger charge is -2.15. The molecule has 1 heterocycles. The Morgan fingerprint density at radius 2 is 2.00 bits per heavy atom. The molecule has 0 fully saturated rings. The lowest BCUT2D eigenvalue weighted by atomic mass is 10.1. The van der Waals surface area contributed by atoms with Crippen molar-refractivity contribution in [2.45, 2.75) is 19.0 Å². The number of nitrogens with zero attached hydrogens (tertiary/aromatic N) is 1. The smallest absolute Gasteiger partial charge is 0.418 e. The zero-order chi connectivity index (χ0) is 14.1. The van der Waals surface area contributed by atoms with Crippen molar-refractivity contribution in [3.8, 4) is 0 Å². The third kappa shape index (κ3) is 3.27. The number of carbonyl (C=O) groups is 1. The number of alkyl halides is 5. The highest BCUT2D eigenvalue weighted by molar-refractivity contribution is 14.1. The van der Waals surface area contributed by atoms with Gasteiger partial charge in [0.2, 0.25) is 0 Å². The van der Waals surface area contributed by atoms with Crippen molar-refractivity contribution >= 4 is 28.6 Å². The van der Waals surface area contributed by atoms with Crippen molar-refractivity contribution < 1.29 is 31.9 Å². The fourth-order valence-electron chi connectivity index (χ4n) is 1.25. The van der Waals surface area contributed by atoms with Crippen LogP contribution in [0.5, 0.6) is 0 Å². The maximum Gasteiger partial charge on any atom is 0.418 e. The molecule has 0 bridgehead atoms. The highest BCUT2D eigenvalue weighted by Gasteiger charge is 2.38. The molecule has 1 aromatic heterocycles. The molecular formula is C9H5F5INO2. The van der Waals surface area contributed by atoms with Crippen LogP contribution in [-0.2, 0) is 17.4 Å². The summed E-state index contributed by atoms with van der Waals surface area (Å²) < 4.78 is 62.3. The predicted molar refractivity (Wildman–Crippen MR) is 58.3 cm³/mol. The van der Waals surface area contributed by atoms with Gasteiger partial charge in [0.15, 0.2) is 0 Å². The zero-order valence-corrected chi connectivity index (χ0v) is 10.6. The molecule has 0 atom stereocenters. The molecular weight excluding hydrogens is 376 g/mol. The van der Waals surface area contributed by atoms with E-state index in [1.165, 1.54) is 22.6 Å². The molecule has 0 unspecified atom stereocenters. The first-order chi connectivity index (χ1) is 8.14. The Labute approximate surface area is 111 Å². The second kappa shape index (κ2) is 5.33. The van der Waals surface area contributed by atoms with Crippen molar-refractivity contribution in [3.05, 3.63) is 26.6 Å². The Morgan fingerprint density at radius 3 is 2.39 bits per heavy atom. The molecule has 0 saturated carbocycles. The Morgan fingerprint density at radius 1 is 1.44 bits per heavy atom. The van der Waals surface area contributed by atoms with Crippen LogP contribution >= 0.6 is 22.6 Å². The summed E-state index contributed by atoms with van der Waals surface area (Å²) in [4.78, 5) is 13.7. The highest BCUT2D eigenvalue weighted by Crippen LogP contribution is 2.38. The van der Waals surface area contributed by atoms with Crippen molar-refractivity contribution in [3.63, 3.8) is 0 Å². The normalized spacial score (nSPS) is 11.9. The molecule has 9 heteroatoms. The van der Waals surface area contributed by atoms with Gasteiger partial charge in [-0.05, 0) is 22.6 Å². The maximum atomic E-state index is 12.7. The van der Waals surface area contributed by atoms with Gasteiger partial charge in [0, 0.05) is 15.3 Å². The summed E-state index contributed by atoms with van der Waals surface area (Å²) in [7, 11) is 0. The Bertz CT molecular complexity index is 475. The van der Waals surface area contributed by atoms with Gasteiger partial charge in [-0.15, -0.1) is 0 Å². The lowest BCUT2D eigenvalue weighted by Crippen LogP contribution is -2.15. The molecule has 1 N–H and O–H groups in total. The molecule has 0 saturated heterocycles. The number of halogens is 6. The fourth-order valence-corrected chi connectivity index (χ4v) is 2.10.